The zero-order chi connectivity index (χ0) is 12.4. The van der Waals surface area contributed by atoms with Crippen molar-refractivity contribution in [2.75, 3.05) is 19.6 Å². The molecule has 116 valence electrons. The van der Waals surface area contributed by atoms with Crippen molar-refractivity contribution >= 4 is 24.8 Å². The topological polar surface area (TPSA) is 60.0 Å². The quantitative estimate of drug-likeness (QED) is 0.924. The molecule has 3 rings (SSSR count). The number of hydrogen-bond acceptors (Lipinski definition) is 4. The Bertz CT molecular complexity index is 407. The van der Waals surface area contributed by atoms with Gasteiger partial charge in [-0.15, -0.1) is 35.0 Å². The van der Waals surface area contributed by atoms with E-state index >= 15 is 0 Å². The molecule has 0 aliphatic carbocycles. The maximum absolute atomic E-state index is 5.73. The number of likely N-dealkylation sites (tertiary alicyclic amines) is 1. The fourth-order valence-electron chi connectivity index (χ4n) is 3.29. The van der Waals surface area contributed by atoms with E-state index in [2.05, 4.69) is 19.7 Å². The van der Waals surface area contributed by atoms with Crippen molar-refractivity contribution in [1.82, 2.24) is 19.7 Å². The summed E-state index contributed by atoms with van der Waals surface area (Å²) in [5, 5.41) is 8.87. The van der Waals surface area contributed by atoms with Gasteiger partial charge in [0.2, 0.25) is 0 Å². The molecule has 7 heteroatoms. The largest absolute Gasteiger partial charge is 0.329 e. The van der Waals surface area contributed by atoms with Gasteiger partial charge < -0.3 is 10.3 Å². The minimum atomic E-state index is 0. The molecule has 2 N–H and O–H groups in total. The Morgan fingerprint density at radius 3 is 2.65 bits per heavy atom. The van der Waals surface area contributed by atoms with Crippen LogP contribution in [-0.4, -0.2) is 39.3 Å². The van der Waals surface area contributed by atoms with Crippen LogP contribution in [0.2, 0.25) is 0 Å². The van der Waals surface area contributed by atoms with Crippen LogP contribution in [0.4, 0.5) is 0 Å². The lowest BCUT2D eigenvalue weighted by Gasteiger charge is -2.35. The number of hydrogen-bond donors (Lipinski definition) is 1. The molecular weight excluding hydrogens is 297 g/mol. The van der Waals surface area contributed by atoms with Crippen molar-refractivity contribution in [1.29, 1.82) is 0 Å². The Balaban J connectivity index is 0.000001000. The third kappa shape index (κ3) is 3.45. The summed E-state index contributed by atoms with van der Waals surface area (Å²) in [5.41, 5.74) is 5.73. The predicted octanol–water partition coefficient (Wildman–Crippen LogP) is 1.94. The third-order valence-corrected chi connectivity index (χ3v) is 4.22. The maximum atomic E-state index is 5.73. The van der Waals surface area contributed by atoms with E-state index in [-0.39, 0.29) is 24.8 Å². The Labute approximate surface area is 133 Å². The first-order valence-corrected chi connectivity index (χ1v) is 7.26. The first kappa shape index (κ1) is 17.7. The van der Waals surface area contributed by atoms with Crippen molar-refractivity contribution in [2.45, 2.75) is 51.1 Å². The van der Waals surface area contributed by atoms with Gasteiger partial charge in [0.05, 0.1) is 6.04 Å². The fraction of sp³-hybridized carbons (Fsp3) is 0.846. The van der Waals surface area contributed by atoms with E-state index in [4.69, 9.17) is 5.73 Å². The van der Waals surface area contributed by atoms with E-state index in [0.29, 0.717) is 6.04 Å². The highest BCUT2D eigenvalue weighted by molar-refractivity contribution is 5.85. The van der Waals surface area contributed by atoms with Crippen LogP contribution in [0, 0.1) is 0 Å². The maximum Gasteiger partial charge on any atom is 0.150 e. The van der Waals surface area contributed by atoms with Crippen LogP contribution in [-0.2, 0) is 13.0 Å². The second-order valence-corrected chi connectivity index (χ2v) is 5.42. The summed E-state index contributed by atoms with van der Waals surface area (Å²) in [6.45, 7) is 3.97. The Morgan fingerprint density at radius 1 is 1.05 bits per heavy atom. The summed E-state index contributed by atoms with van der Waals surface area (Å²) in [5.74, 6) is 2.38. The Hall–Kier alpha value is -0.360. The molecule has 1 unspecified atom stereocenters. The predicted molar refractivity (Wildman–Crippen MR) is 84.7 cm³/mol. The molecule has 1 aromatic rings. The van der Waals surface area contributed by atoms with Gasteiger partial charge in [-0.1, -0.05) is 6.42 Å². The molecular formula is C13H25Cl2N5. The van der Waals surface area contributed by atoms with Crippen molar-refractivity contribution < 1.29 is 0 Å². The van der Waals surface area contributed by atoms with Gasteiger partial charge in [-0.2, -0.15) is 0 Å². The minimum Gasteiger partial charge on any atom is -0.329 e. The van der Waals surface area contributed by atoms with Crippen LogP contribution in [0.15, 0.2) is 0 Å². The number of halogens is 2. The molecule has 0 bridgehead atoms. The minimum absolute atomic E-state index is 0. The first-order chi connectivity index (χ1) is 8.90. The molecule has 0 spiro atoms. The smallest absolute Gasteiger partial charge is 0.150 e. The second kappa shape index (κ2) is 8.17. The Morgan fingerprint density at radius 2 is 1.85 bits per heavy atom. The van der Waals surface area contributed by atoms with Gasteiger partial charge in [-0.25, -0.2) is 0 Å². The average molecular weight is 322 g/mol. The molecule has 1 atom stereocenters. The molecule has 0 saturated carbocycles. The third-order valence-electron chi connectivity index (χ3n) is 4.22. The number of aryl methyl sites for hydroxylation is 1. The lowest BCUT2D eigenvalue weighted by molar-refractivity contribution is 0.142. The molecule has 2 aliphatic rings. The molecule has 20 heavy (non-hydrogen) atoms. The molecule has 0 amide bonds. The average Bonchev–Trinajstić information content (AvgIpc) is 2.84. The summed E-state index contributed by atoms with van der Waals surface area (Å²) in [4.78, 5) is 2.50. The normalized spacial score (nSPS) is 22.6. The van der Waals surface area contributed by atoms with E-state index in [0.717, 1.165) is 32.6 Å². The Kier molecular flexibility index (Phi) is 7.23. The molecule has 1 aromatic heterocycles. The van der Waals surface area contributed by atoms with Crippen molar-refractivity contribution in [3.63, 3.8) is 0 Å². The lowest BCUT2D eigenvalue weighted by Crippen LogP contribution is -2.38. The fourth-order valence-corrected chi connectivity index (χ4v) is 3.29. The monoisotopic (exact) mass is 321 g/mol. The molecule has 3 heterocycles. The van der Waals surface area contributed by atoms with Gasteiger partial charge in [0.15, 0.2) is 0 Å². The zero-order valence-corrected chi connectivity index (χ0v) is 13.5. The highest BCUT2D eigenvalue weighted by Crippen LogP contribution is 2.31. The van der Waals surface area contributed by atoms with E-state index < -0.39 is 0 Å². The van der Waals surface area contributed by atoms with Gasteiger partial charge in [-0.3, -0.25) is 4.90 Å². The molecule has 2 aliphatic heterocycles. The van der Waals surface area contributed by atoms with Gasteiger partial charge in [0.1, 0.15) is 11.6 Å². The van der Waals surface area contributed by atoms with Gasteiger partial charge in [-0.05, 0) is 32.2 Å². The number of rotatable bonds is 3. The highest BCUT2D eigenvalue weighted by atomic mass is 35.5. The summed E-state index contributed by atoms with van der Waals surface area (Å²) in [7, 11) is 0. The first-order valence-electron chi connectivity index (χ1n) is 7.26. The standard InChI is InChI=1S/C13H23N5.2ClH/c14-7-10-17-8-3-1-5-11(17)13-16-15-12-6-2-4-9-18(12)13;;/h11H,1-10,14H2;2*1H. The molecule has 1 saturated heterocycles. The van der Waals surface area contributed by atoms with Crippen LogP contribution in [0.3, 0.4) is 0 Å². The SMILES string of the molecule is Cl.Cl.NCCN1CCCCC1c1nnc2n1CCCC2. The van der Waals surface area contributed by atoms with Gasteiger partial charge in [0.25, 0.3) is 0 Å². The van der Waals surface area contributed by atoms with Crippen molar-refractivity contribution in [3.05, 3.63) is 11.6 Å². The summed E-state index contributed by atoms with van der Waals surface area (Å²) < 4.78 is 2.36. The van der Waals surface area contributed by atoms with Crippen LogP contribution in [0.5, 0.6) is 0 Å². The highest BCUT2D eigenvalue weighted by Gasteiger charge is 2.29. The zero-order valence-electron chi connectivity index (χ0n) is 11.8. The summed E-state index contributed by atoms with van der Waals surface area (Å²) in [6.07, 6.45) is 7.41. The number of piperidine rings is 1. The van der Waals surface area contributed by atoms with Gasteiger partial charge in [0, 0.05) is 26.1 Å². The number of aromatic nitrogens is 3. The number of nitrogens with two attached hydrogens (primary N) is 1. The van der Waals surface area contributed by atoms with Gasteiger partial charge >= 0.3 is 0 Å². The van der Waals surface area contributed by atoms with Crippen LogP contribution < -0.4 is 5.73 Å². The van der Waals surface area contributed by atoms with Crippen molar-refractivity contribution in [3.8, 4) is 0 Å². The molecule has 5 nitrogen and oxygen atoms in total. The van der Waals surface area contributed by atoms with E-state index in [1.165, 1.54) is 43.8 Å². The molecule has 0 aromatic carbocycles. The van der Waals surface area contributed by atoms with Crippen LogP contribution in [0.1, 0.15) is 49.8 Å². The lowest BCUT2D eigenvalue weighted by atomic mass is 10.0. The number of fused-ring (bicyclic) bond motifs is 1. The van der Waals surface area contributed by atoms with E-state index in [1.807, 2.05) is 0 Å². The summed E-state index contributed by atoms with van der Waals surface area (Å²) >= 11 is 0. The second-order valence-electron chi connectivity index (χ2n) is 5.42. The van der Waals surface area contributed by atoms with E-state index in [9.17, 15) is 0 Å². The van der Waals surface area contributed by atoms with Crippen LogP contribution in [0.25, 0.3) is 0 Å². The van der Waals surface area contributed by atoms with Crippen molar-refractivity contribution in [2.24, 2.45) is 5.73 Å². The summed E-state index contributed by atoms with van der Waals surface area (Å²) in [6, 6.07) is 0.446. The van der Waals surface area contributed by atoms with E-state index in [1.54, 1.807) is 0 Å². The molecule has 0 radical (unpaired) electrons. The number of nitrogens with zero attached hydrogens (tertiary/aromatic N) is 4. The van der Waals surface area contributed by atoms with Crippen LogP contribution >= 0.6 is 24.8 Å². The molecule has 1 fully saturated rings.